The number of rotatable bonds is 8. The van der Waals surface area contributed by atoms with Crippen molar-refractivity contribution in [2.24, 2.45) is 5.92 Å². The Bertz CT molecular complexity index is 428. The van der Waals surface area contributed by atoms with Gasteiger partial charge >= 0.3 is 0 Å². The summed E-state index contributed by atoms with van der Waals surface area (Å²) in [7, 11) is 0. The van der Waals surface area contributed by atoms with Gasteiger partial charge in [-0.15, -0.1) is 6.42 Å². The van der Waals surface area contributed by atoms with Crippen molar-refractivity contribution in [1.29, 1.82) is 0 Å². The Morgan fingerprint density at radius 1 is 0.789 bits per heavy atom. The summed E-state index contributed by atoms with van der Waals surface area (Å²) in [5, 5.41) is 0. The van der Waals surface area contributed by atoms with E-state index in [1.54, 1.807) is 0 Å². The highest BCUT2D eigenvalue weighted by Crippen LogP contribution is 2.14. The zero-order valence-corrected chi connectivity index (χ0v) is 12.3. The minimum Gasteiger partial charge on any atom is -0.106 e. The lowest BCUT2D eigenvalue weighted by Crippen LogP contribution is -1.95. The van der Waals surface area contributed by atoms with Gasteiger partial charge in [0.25, 0.3) is 0 Å². The molecule has 1 unspecified atom stereocenters. The van der Waals surface area contributed by atoms with E-state index in [2.05, 4.69) is 55.3 Å². The maximum atomic E-state index is 4.98. The van der Waals surface area contributed by atoms with Gasteiger partial charge in [0.15, 0.2) is 0 Å². The summed E-state index contributed by atoms with van der Waals surface area (Å²) in [6, 6.07) is 0. The Morgan fingerprint density at radius 2 is 1.42 bits per heavy atom. The second-order valence-corrected chi connectivity index (χ2v) is 4.58. The van der Waals surface area contributed by atoms with Crippen molar-refractivity contribution in [1.82, 2.24) is 0 Å². The second kappa shape index (κ2) is 14.3. The van der Waals surface area contributed by atoms with E-state index in [-0.39, 0.29) is 0 Å². The Morgan fingerprint density at radius 3 is 2.11 bits per heavy atom. The first kappa shape index (κ1) is 17.2. The zero-order valence-electron chi connectivity index (χ0n) is 12.3. The van der Waals surface area contributed by atoms with Crippen LogP contribution in [0.2, 0.25) is 0 Å². The van der Waals surface area contributed by atoms with Crippen molar-refractivity contribution < 1.29 is 0 Å². The van der Waals surface area contributed by atoms with Gasteiger partial charge < -0.3 is 0 Å². The van der Waals surface area contributed by atoms with E-state index in [0.29, 0.717) is 5.92 Å². The molecule has 0 saturated heterocycles. The standard InChI is InChI=1S/C19H24/c1-4-7-9-11-13-15-17-19(6-3)18-16-14-12-10-8-5-2/h1,19H,5-6,8,10,12,14,16,18H2,2-3H3. The van der Waals surface area contributed by atoms with Crippen molar-refractivity contribution in [3.63, 3.8) is 0 Å². The highest BCUT2D eigenvalue weighted by atomic mass is 14.0. The average molecular weight is 252 g/mol. The van der Waals surface area contributed by atoms with Crippen LogP contribution >= 0.6 is 0 Å². The van der Waals surface area contributed by atoms with Gasteiger partial charge in [0.2, 0.25) is 0 Å². The van der Waals surface area contributed by atoms with Gasteiger partial charge in [-0.25, -0.2) is 0 Å². The van der Waals surface area contributed by atoms with Crippen molar-refractivity contribution in [3.8, 4) is 47.9 Å². The fourth-order valence-corrected chi connectivity index (χ4v) is 1.82. The molecule has 0 radical (unpaired) electrons. The third kappa shape index (κ3) is 12.5. The number of hydrogen-bond donors (Lipinski definition) is 0. The Kier molecular flexibility index (Phi) is 13.0. The molecule has 0 aromatic rings. The lowest BCUT2D eigenvalue weighted by Gasteiger charge is -2.06. The smallest absolute Gasteiger partial charge is 0.0210 e. The van der Waals surface area contributed by atoms with E-state index in [4.69, 9.17) is 6.42 Å². The molecule has 0 aliphatic rings. The van der Waals surface area contributed by atoms with Gasteiger partial charge in [0.1, 0.15) is 0 Å². The lowest BCUT2D eigenvalue weighted by atomic mass is 9.98. The molecule has 19 heavy (non-hydrogen) atoms. The third-order valence-corrected chi connectivity index (χ3v) is 3.00. The molecule has 0 spiro atoms. The third-order valence-electron chi connectivity index (χ3n) is 3.00. The lowest BCUT2D eigenvalue weighted by molar-refractivity contribution is 0.520. The molecule has 0 aromatic heterocycles. The van der Waals surface area contributed by atoms with E-state index in [1.165, 1.54) is 44.9 Å². The topological polar surface area (TPSA) is 0 Å². The molecule has 100 valence electrons. The molecule has 0 N–H and O–H groups in total. The summed E-state index contributed by atoms with van der Waals surface area (Å²) in [6.07, 6.45) is 15.3. The molecule has 0 aliphatic heterocycles. The van der Waals surface area contributed by atoms with Crippen molar-refractivity contribution in [3.05, 3.63) is 0 Å². The van der Waals surface area contributed by atoms with E-state index < -0.39 is 0 Å². The van der Waals surface area contributed by atoms with Crippen LogP contribution in [-0.4, -0.2) is 0 Å². The molecular weight excluding hydrogens is 228 g/mol. The zero-order chi connectivity index (χ0) is 14.2. The summed E-state index contributed by atoms with van der Waals surface area (Å²) >= 11 is 0. The normalized spacial score (nSPS) is 9.74. The first-order valence-electron chi connectivity index (χ1n) is 7.31. The Balaban J connectivity index is 3.85. The summed E-state index contributed by atoms with van der Waals surface area (Å²) in [4.78, 5) is 0. The van der Waals surface area contributed by atoms with E-state index in [9.17, 15) is 0 Å². The monoisotopic (exact) mass is 252 g/mol. The number of unbranched alkanes of at least 4 members (excludes halogenated alkanes) is 5. The molecule has 1 atom stereocenters. The first-order valence-corrected chi connectivity index (χ1v) is 7.31. The molecule has 0 nitrogen and oxygen atoms in total. The van der Waals surface area contributed by atoms with Crippen LogP contribution in [0.4, 0.5) is 0 Å². The van der Waals surface area contributed by atoms with Crippen LogP contribution in [0.3, 0.4) is 0 Å². The Labute approximate surface area is 119 Å². The quantitative estimate of drug-likeness (QED) is 0.443. The molecule has 0 fully saturated rings. The molecule has 0 amide bonds. The minimum atomic E-state index is 0.473. The van der Waals surface area contributed by atoms with Crippen molar-refractivity contribution in [2.45, 2.75) is 65.2 Å². The van der Waals surface area contributed by atoms with Crippen LogP contribution in [0.5, 0.6) is 0 Å². The van der Waals surface area contributed by atoms with E-state index in [1.807, 2.05) is 0 Å². The molecule has 0 heterocycles. The Hall–Kier alpha value is -1.76. The van der Waals surface area contributed by atoms with Crippen LogP contribution in [-0.2, 0) is 0 Å². The van der Waals surface area contributed by atoms with Crippen LogP contribution in [0.15, 0.2) is 0 Å². The van der Waals surface area contributed by atoms with Crippen LogP contribution in [0.25, 0.3) is 0 Å². The second-order valence-electron chi connectivity index (χ2n) is 4.58. The SMILES string of the molecule is C#CC#CC#CC#CC(CC)CCCCCCCC. The van der Waals surface area contributed by atoms with Gasteiger partial charge in [-0.1, -0.05) is 58.3 Å². The van der Waals surface area contributed by atoms with Crippen molar-refractivity contribution >= 4 is 0 Å². The molecular formula is C19H24. The van der Waals surface area contributed by atoms with E-state index in [0.717, 1.165) is 6.42 Å². The van der Waals surface area contributed by atoms with Gasteiger partial charge in [-0.2, -0.15) is 0 Å². The molecule has 0 aromatic carbocycles. The highest BCUT2D eigenvalue weighted by Gasteiger charge is 2.01. The molecule has 0 heteroatoms. The predicted molar refractivity (Wildman–Crippen MR) is 83.9 cm³/mol. The molecule has 0 aliphatic carbocycles. The largest absolute Gasteiger partial charge is 0.106 e. The van der Waals surface area contributed by atoms with Gasteiger partial charge in [0, 0.05) is 5.92 Å². The minimum absolute atomic E-state index is 0.473. The first-order chi connectivity index (χ1) is 9.35. The average Bonchev–Trinajstić information content (AvgIpc) is 2.44. The summed E-state index contributed by atoms with van der Waals surface area (Å²) < 4.78 is 0. The molecule has 0 saturated carbocycles. The highest BCUT2D eigenvalue weighted by molar-refractivity contribution is 5.39. The molecule has 0 rings (SSSR count). The maximum absolute atomic E-state index is 4.98. The van der Waals surface area contributed by atoms with Gasteiger partial charge in [-0.05, 0) is 48.4 Å². The number of hydrogen-bond acceptors (Lipinski definition) is 0. The molecule has 0 bridgehead atoms. The summed E-state index contributed by atoms with van der Waals surface area (Å²) in [6.45, 7) is 4.43. The summed E-state index contributed by atoms with van der Waals surface area (Å²) in [5.74, 6) is 19.1. The van der Waals surface area contributed by atoms with Crippen molar-refractivity contribution in [2.75, 3.05) is 0 Å². The van der Waals surface area contributed by atoms with Crippen LogP contribution in [0, 0.1) is 53.8 Å². The fraction of sp³-hybridized carbons (Fsp3) is 0.579. The predicted octanol–water partition coefficient (Wildman–Crippen LogP) is 4.41. The van der Waals surface area contributed by atoms with E-state index >= 15 is 0 Å². The van der Waals surface area contributed by atoms with Crippen LogP contribution < -0.4 is 0 Å². The fourth-order valence-electron chi connectivity index (χ4n) is 1.82. The van der Waals surface area contributed by atoms with Crippen LogP contribution in [0.1, 0.15) is 65.2 Å². The maximum Gasteiger partial charge on any atom is 0.0210 e. The van der Waals surface area contributed by atoms with Gasteiger partial charge in [0.05, 0.1) is 0 Å². The summed E-state index contributed by atoms with van der Waals surface area (Å²) in [5.41, 5.74) is 0. The van der Waals surface area contributed by atoms with Gasteiger partial charge in [-0.3, -0.25) is 0 Å². The number of terminal acetylenes is 1.